The molecule has 4 rings (SSSR count). The topological polar surface area (TPSA) is 144 Å². The molecule has 2 saturated heterocycles. The summed E-state index contributed by atoms with van der Waals surface area (Å²) in [5.74, 6) is -0.129. The van der Waals surface area contributed by atoms with Crippen LogP contribution in [0.25, 0.3) is 11.2 Å². The van der Waals surface area contributed by atoms with Crippen molar-refractivity contribution in [1.29, 1.82) is 0 Å². The monoisotopic (exact) mass is 403 g/mol. The first-order valence-electron chi connectivity index (χ1n) is 8.30. The van der Waals surface area contributed by atoms with Crippen LogP contribution in [0.15, 0.2) is 6.33 Å². The molecule has 0 saturated carbocycles. The van der Waals surface area contributed by atoms with Crippen molar-refractivity contribution in [2.75, 3.05) is 18.7 Å². The van der Waals surface area contributed by atoms with Crippen LogP contribution in [-0.4, -0.2) is 62.0 Å². The van der Waals surface area contributed by atoms with Gasteiger partial charge < -0.3 is 24.8 Å². The van der Waals surface area contributed by atoms with E-state index in [1.165, 1.54) is 10.9 Å². The first-order chi connectivity index (χ1) is 12.8. The van der Waals surface area contributed by atoms with Crippen LogP contribution in [0, 0.1) is 6.08 Å². The minimum Gasteiger partial charge on any atom is -0.386 e. The fourth-order valence-corrected chi connectivity index (χ4v) is 4.70. The molecule has 5 atom stereocenters. The van der Waals surface area contributed by atoms with Crippen molar-refractivity contribution in [1.82, 2.24) is 19.5 Å². The van der Waals surface area contributed by atoms with Gasteiger partial charge in [0.1, 0.15) is 24.7 Å². The van der Waals surface area contributed by atoms with Crippen LogP contribution in [0.4, 0.5) is 10.2 Å². The Kier molecular flexibility index (Phi) is 4.65. The molecule has 0 spiro atoms. The molecule has 2 unspecified atom stereocenters. The van der Waals surface area contributed by atoms with Gasteiger partial charge in [0.2, 0.25) is 0 Å². The highest BCUT2D eigenvalue weighted by Gasteiger charge is 2.53. The van der Waals surface area contributed by atoms with E-state index in [0.717, 1.165) is 0 Å². The minimum atomic E-state index is -3.53. The maximum atomic E-state index is 13.5. The lowest BCUT2D eigenvalue weighted by Crippen LogP contribution is -2.39. The molecule has 27 heavy (non-hydrogen) atoms. The van der Waals surface area contributed by atoms with Crippen LogP contribution in [0.1, 0.15) is 20.1 Å². The Bertz CT molecular complexity index is 909. The molecule has 2 aromatic rings. The maximum Gasteiger partial charge on any atom is 0.356 e. The Labute approximate surface area is 153 Å². The number of imidazole rings is 1. The smallest absolute Gasteiger partial charge is 0.356 e. The van der Waals surface area contributed by atoms with Crippen molar-refractivity contribution in [2.24, 2.45) is 0 Å². The molecule has 0 radical (unpaired) electrons. The fourth-order valence-electron chi connectivity index (χ4n) is 3.02. The summed E-state index contributed by atoms with van der Waals surface area (Å²) in [4.78, 5) is 11.1. The van der Waals surface area contributed by atoms with Gasteiger partial charge in [-0.1, -0.05) is 0 Å². The molecule has 11 nitrogen and oxygen atoms in total. The van der Waals surface area contributed by atoms with E-state index in [9.17, 15) is 14.1 Å². The number of aromatic nitrogens is 4. The molecule has 4 heterocycles. The van der Waals surface area contributed by atoms with Crippen LogP contribution >= 0.6 is 7.60 Å². The van der Waals surface area contributed by atoms with E-state index in [1.54, 1.807) is 13.8 Å². The van der Waals surface area contributed by atoms with Crippen molar-refractivity contribution >= 4 is 24.6 Å². The number of ether oxygens (including phenoxy) is 2. The molecule has 2 aliphatic rings. The van der Waals surface area contributed by atoms with Gasteiger partial charge in [0.15, 0.2) is 23.2 Å². The maximum absolute atomic E-state index is 13.5. The van der Waals surface area contributed by atoms with Crippen LogP contribution in [-0.2, 0) is 23.1 Å². The third kappa shape index (κ3) is 3.33. The summed E-state index contributed by atoms with van der Waals surface area (Å²) in [5, 5.41) is 10.7. The van der Waals surface area contributed by atoms with E-state index in [0.29, 0.717) is 0 Å². The van der Waals surface area contributed by atoms with Crippen molar-refractivity contribution in [2.45, 2.75) is 44.5 Å². The number of nitrogens with two attached hydrogens (primary N) is 1. The summed E-state index contributed by atoms with van der Waals surface area (Å²) < 4.78 is 49.5. The predicted molar refractivity (Wildman–Crippen MR) is 89.1 cm³/mol. The van der Waals surface area contributed by atoms with E-state index in [-0.39, 0.29) is 36.0 Å². The average molecular weight is 403 g/mol. The summed E-state index contributed by atoms with van der Waals surface area (Å²) in [6.45, 7) is 3.54. The van der Waals surface area contributed by atoms with Crippen molar-refractivity contribution in [3.63, 3.8) is 0 Å². The predicted octanol–water partition coefficient (Wildman–Crippen LogP) is 0.797. The lowest BCUT2D eigenvalue weighted by Gasteiger charge is -2.31. The van der Waals surface area contributed by atoms with Crippen LogP contribution in [0.3, 0.4) is 0 Å². The van der Waals surface area contributed by atoms with Crippen molar-refractivity contribution in [3.8, 4) is 0 Å². The molecule has 3 N–H and O–H groups in total. The Morgan fingerprint density at radius 3 is 3.04 bits per heavy atom. The second kappa shape index (κ2) is 6.73. The molecule has 0 bridgehead atoms. The van der Waals surface area contributed by atoms with E-state index >= 15 is 0 Å². The first-order valence-corrected chi connectivity index (χ1v) is 10.0. The summed E-state index contributed by atoms with van der Waals surface area (Å²) in [5.41, 5.74) is 5.89. The van der Waals surface area contributed by atoms with Crippen LogP contribution in [0.2, 0.25) is 0 Å². The number of nitrogens with zero attached hydrogens (tertiary/aromatic N) is 4. The first kappa shape index (κ1) is 18.7. The lowest BCUT2D eigenvalue weighted by atomic mass is 10.1. The number of fused-ring (bicyclic) bond motifs is 2. The standard InChI is InChI=1S/C14H19FN5O6P/c1-6(2)23-5-27(22)24-3-7-10(26-27)9(21)13(25-7)20-4-17-8-11(16)18-14(15)19-12(8)20/h4,6-7,9-10,13,21H,3,5H2,1-2H3,(H2,16,18,19)/t7?,9-,10+,13+,27?/m0/s1. The molecule has 2 fully saturated rings. The zero-order chi connectivity index (χ0) is 19.3. The van der Waals surface area contributed by atoms with E-state index in [2.05, 4.69) is 15.0 Å². The van der Waals surface area contributed by atoms with Crippen molar-refractivity contribution < 1.29 is 32.6 Å². The molecule has 2 aliphatic heterocycles. The van der Waals surface area contributed by atoms with Gasteiger partial charge in [-0.2, -0.15) is 14.4 Å². The molecule has 2 aromatic heterocycles. The number of halogens is 1. The zero-order valence-electron chi connectivity index (χ0n) is 14.6. The van der Waals surface area contributed by atoms with E-state index in [1.807, 2.05) is 0 Å². The molecule has 0 aromatic carbocycles. The molecule has 13 heteroatoms. The number of anilines is 1. The number of nitrogen functional groups attached to an aromatic ring is 1. The number of hydrogen-bond acceptors (Lipinski definition) is 10. The molecular formula is C14H19FN5O6P. The third-order valence-electron chi connectivity index (χ3n) is 4.29. The summed E-state index contributed by atoms with van der Waals surface area (Å²) in [6, 6.07) is 0. The van der Waals surface area contributed by atoms with Gasteiger partial charge in [-0.15, -0.1) is 0 Å². The third-order valence-corrected chi connectivity index (χ3v) is 5.86. The Hall–Kier alpha value is -1.69. The minimum absolute atomic E-state index is 0.0466. The number of rotatable bonds is 4. The van der Waals surface area contributed by atoms with Gasteiger partial charge in [-0.3, -0.25) is 13.7 Å². The Morgan fingerprint density at radius 2 is 2.30 bits per heavy atom. The van der Waals surface area contributed by atoms with Crippen molar-refractivity contribution in [3.05, 3.63) is 12.4 Å². The van der Waals surface area contributed by atoms with Gasteiger partial charge in [0, 0.05) is 0 Å². The van der Waals surface area contributed by atoms with Crippen LogP contribution < -0.4 is 5.73 Å². The molecule has 0 amide bonds. The van der Waals surface area contributed by atoms with Gasteiger partial charge in [-0.25, -0.2) is 4.98 Å². The zero-order valence-corrected chi connectivity index (χ0v) is 15.5. The van der Waals surface area contributed by atoms with E-state index in [4.69, 9.17) is 24.3 Å². The van der Waals surface area contributed by atoms with E-state index < -0.39 is 38.2 Å². The normalized spacial score (nSPS) is 33.7. The molecule has 148 valence electrons. The van der Waals surface area contributed by atoms with Gasteiger partial charge in [-0.05, 0) is 13.8 Å². The highest BCUT2D eigenvalue weighted by molar-refractivity contribution is 7.53. The molecular weight excluding hydrogens is 384 g/mol. The second-order valence-electron chi connectivity index (χ2n) is 6.58. The molecule has 0 aliphatic carbocycles. The average Bonchev–Trinajstić information content (AvgIpc) is 3.15. The number of hydrogen-bond donors (Lipinski definition) is 2. The SMILES string of the molecule is CC(C)OCP1(=O)OCC2O[C@@H](n3cnc4c(N)nc(F)nc43)[C@@H](O)[C@@H]2O1. The van der Waals surface area contributed by atoms with Gasteiger partial charge in [0.25, 0.3) is 0 Å². The number of aliphatic hydroxyl groups excluding tert-OH is 1. The highest BCUT2D eigenvalue weighted by atomic mass is 31.2. The van der Waals surface area contributed by atoms with Crippen LogP contribution in [0.5, 0.6) is 0 Å². The Balaban J connectivity index is 1.59. The van der Waals surface area contributed by atoms with Gasteiger partial charge in [0.05, 0.1) is 19.0 Å². The highest BCUT2D eigenvalue weighted by Crippen LogP contribution is 2.56. The largest absolute Gasteiger partial charge is 0.386 e. The second-order valence-corrected chi connectivity index (χ2v) is 8.53. The quantitative estimate of drug-likeness (QED) is 0.555. The summed E-state index contributed by atoms with van der Waals surface area (Å²) in [7, 11) is -3.53. The number of aliphatic hydroxyl groups is 1. The fraction of sp³-hybridized carbons (Fsp3) is 0.643. The lowest BCUT2D eigenvalue weighted by molar-refractivity contribution is -0.0619. The summed E-state index contributed by atoms with van der Waals surface area (Å²) >= 11 is 0. The summed E-state index contributed by atoms with van der Waals surface area (Å²) in [6.07, 6.45) is -3.91. The Morgan fingerprint density at radius 1 is 1.52 bits per heavy atom. The van der Waals surface area contributed by atoms with Gasteiger partial charge >= 0.3 is 13.7 Å².